The third-order valence-corrected chi connectivity index (χ3v) is 4.59. The van der Waals surface area contributed by atoms with Gasteiger partial charge in [0.1, 0.15) is 0 Å². The molecule has 0 atom stereocenters. The van der Waals surface area contributed by atoms with Crippen LogP contribution in [-0.2, 0) is 4.79 Å². The lowest BCUT2D eigenvalue weighted by molar-refractivity contribution is -0.116. The fourth-order valence-electron chi connectivity index (χ4n) is 2.29. The van der Waals surface area contributed by atoms with E-state index in [9.17, 15) is 4.79 Å². The molecule has 2 aromatic carbocycles. The predicted molar refractivity (Wildman–Crippen MR) is 99.5 cm³/mol. The van der Waals surface area contributed by atoms with Gasteiger partial charge in [-0.2, -0.15) is 0 Å². The van der Waals surface area contributed by atoms with Gasteiger partial charge in [0, 0.05) is 16.9 Å². The third kappa shape index (κ3) is 5.19. The fourth-order valence-corrected chi connectivity index (χ4v) is 3.16. The SMILES string of the molecule is Cc1cccc(-c2nnc(NC(=O)CCCSc3ccccc3)o2)c1. The van der Waals surface area contributed by atoms with E-state index in [1.54, 1.807) is 11.8 Å². The smallest absolute Gasteiger partial charge is 0.322 e. The van der Waals surface area contributed by atoms with Crippen molar-refractivity contribution in [3.8, 4) is 11.5 Å². The number of hydrogen-bond donors (Lipinski definition) is 1. The first-order valence-corrected chi connectivity index (χ1v) is 9.07. The molecule has 0 spiro atoms. The Balaban J connectivity index is 1.45. The van der Waals surface area contributed by atoms with E-state index in [2.05, 4.69) is 27.6 Å². The molecule has 0 radical (unpaired) electrons. The second-order valence-electron chi connectivity index (χ2n) is 5.60. The van der Waals surface area contributed by atoms with Crippen LogP contribution in [0.1, 0.15) is 18.4 Å². The van der Waals surface area contributed by atoms with Crippen LogP contribution >= 0.6 is 11.8 Å². The summed E-state index contributed by atoms with van der Waals surface area (Å²) in [5.74, 6) is 1.17. The highest BCUT2D eigenvalue weighted by molar-refractivity contribution is 7.99. The van der Waals surface area contributed by atoms with Gasteiger partial charge in [-0.05, 0) is 43.4 Å². The van der Waals surface area contributed by atoms with Crippen LogP contribution in [0.25, 0.3) is 11.5 Å². The van der Waals surface area contributed by atoms with Crippen LogP contribution in [-0.4, -0.2) is 21.9 Å². The van der Waals surface area contributed by atoms with Crippen LogP contribution in [0.5, 0.6) is 0 Å². The number of carbonyl (C=O) groups excluding carboxylic acids is 1. The van der Waals surface area contributed by atoms with Gasteiger partial charge < -0.3 is 4.42 Å². The molecule has 3 aromatic rings. The number of amides is 1. The maximum absolute atomic E-state index is 12.0. The zero-order valence-corrected chi connectivity index (χ0v) is 14.8. The fraction of sp³-hybridized carbons (Fsp3) is 0.211. The monoisotopic (exact) mass is 353 g/mol. The van der Waals surface area contributed by atoms with E-state index in [1.807, 2.05) is 49.4 Å². The van der Waals surface area contributed by atoms with E-state index in [-0.39, 0.29) is 11.9 Å². The van der Waals surface area contributed by atoms with Crippen molar-refractivity contribution in [1.82, 2.24) is 10.2 Å². The van der Waals surface area contributed by atoms with Gasteiger partial charge in [0.15, 0.2) is 0 Å². The molecule has 1 N–H and O–H groups in total. The third-order valence-electron chi connectivity index (χ3n) is 3.50. The average Bonchev–Trinajstić information content (AvgIpc) is 3.08. The summed E-state index contributed by atoms with van der Waals surface area (Å²) in [4.78, 5) is 13.2. The zero-order valence-electron chi connectivity index (χ0n) is 13.9. The number of carbonyl (C=O) groups is 1. The summed E-state index contributed by atoms with van der Waals surface area (Å²) in [6, 6.07) is 18.1. The standard InChI is InChI=1S/C19H19N3O2S/c1-14-7-5-8-15(13-14)18-21-22-19(24-18)20-17(23)11-6-12-25-16-9-3-2-4-10-16/h2-5,7-10,13H,6,11-12H2,1H3,(H,20,22,23). The van der Waals surface area contributed by atoms with Gasteiger partial charge in [0.05, 0.1) is 0 Å². The number of anilines is 1. The molecule has 25 heavy (non-hydrogen) atoms. The van der Waals surface area contributed by atoms with Crippen molar-refractivity contribution in [2.24, 2.45) is 0 Å². The van der Waals surface area contributed by atoms with Gasteiger partial charge in [-0.3, -0.25) is 10.1 Å². The van der Waals surface area contributed by atoms with Crippen molar-refractivity contribution in [3.63, 3.8) is 0 Å². The van der Waals surface area contributed by atoms with Crippen molar-refractivity contribution in [3.05, 3.63) is 60.2 Å². The van der Waals surface area contributed by atoms with E-state index in [0.717, 1.165) is 23.3 Å². The highest BCUT2D eigenvalue weighted by Crippen LogP contribution is 2.21. The topological polar surface area (TPSA) is 68.0 Å². The summed E-state index contributed by atoms with van der Waals surface area (Å²) in [5.41, 5.74) is 1.95. The van der Waals surface area contributed by atoms with Crippen molar-refractivity contribution >= 4 is 23.7 Å². The minimum atomic E-state index is -0.117. The van der Waals surface area contributed by atoms with Crippen LogP contribution < -0.4 is 5.32 Å². The molecule has 3 rings (SSSR count). The van der Waals surface area contributed by atoms with Crippen molar-refractivity contribution in [2.75, 3.05) is 11.1 Å². The first-order chi connectivity index (χ1) is 12.2. The van der Waals surface area contributed by atoms with E-state index in [1.165, 1.54) is 4.90 Å². The summed E-state index contributed by atoms with van der Waals surface area (Å²) >= 11 is 1.74. The molecule has 1 amide bonds. The Bertz CT molecular complexity index is 833. The first-order valence-electron chi connectivity index (χ1n) is 8.09. The lowest BCUT2D eigenvalue weighted by Gasteiger charge is -2.02. The van der Waals surface area contributed by atoms with Crippen molar-refractivity contribution < 1.29 is 9.21 Å². The molecule has 0 fully saturated rings. The minimum absolute atomic E-state index is 0.117. The molecule has 0 aliphatic heterocycles. The van der Waals surface area contributed by atoms with Crippen LogP contribution in [0, 0.1) is 6.92 Å². The Hall–Kier alpha value is -2.60. The summed E-state index contributed by atoms with van der Waals surface area (Å²) < 4.78 is 5.51. The molecule has 1 aromatic heterocycles. The number of benzene rings is 2. The molecular weight excluding hydrogens is 334 g/mol. The summed E-state index contributed by atoms with van der Waals surface area (Å²) in [7, 11) is 0. The Kier molecular flexibility index (Phi) is 5.85. The number of hydrogen-bond acceptors (Lipinski definition) is 5. The summed E-state index contributed by atoms with van der Waals surface area (Å²) in [6.45, 7) is 2.00. The average molecular weight is 353 g/mol. The quantitative estimate of drug-likeness (QED) is 0.498. The molecule has 0 bridgehead atoms. The Morgan fingerprint density at radius 1 is 1.12 bits per heavy atom. The number of aromatic nitrogens is 2. The highest BCUT2D eigenvalue weighted by atomic mass is 32.2. The second-order valence-corrected chi connectivity index (χ2v) is 6.76. The van der Waals surface area contributed by atoms with Gasteiger partial charge in [0.25, 0.3) is 0 Å². The number of thioether (sulfide) groups is 1. The van der Waals surface area contributed by atoms with E-state index >= 15 is 0 Å². The molecule has 5 nitrogen and oxygen atoms in total. The molecule has 0 unspecified atom stereocenters. The lowest BCUT2D eigenvalue weighted by atomic mass is 10.1. The number of aryl methyl sites for hydroxylation is 1. The molecule has 128 valence electrons. The molecule has 1 heterocycles. The molecule has 0 aliphatic rings. The van der Waals surface area contributed by atoms with Gasteiger partial charge >= 0.3 is 6.01 Å². The van der Waals surface area contributed by atoms with Crippen molar-refractivity contribution in [2.45, 2.75) is 24.7 Å². The van der Waals surface area contributed by atoms with E-state index in [0.29, 0.717) is 12.3 Å². The number of nitrogens with zero attached hydrogens (tertiary/aromatic N) is 2. The van der Waals surface area contributed by atoms with Crippen LogP contribution in [0.3, 0.4) is 0 Å². The van der Waals surface area contributed by atoms with Crippen molar-refractivity contribution in [1.29, 1.82) is 0 Å². The van der Waals surface area contributed by atoms with Gasteiger partial charge in [-0.1, -0.05) is 41.0 Å². The Labute approximate surface area is 150 Å². The molecular formula is C19H19N3O2S. The Morgan fingerprint density at radius 2 is 1.96 bits per heavy atom. The molecule has 0 aliphatic carbocycles. The zero-order chi connectivity index (χ0) is 17.5. The minimum Gasteiger partial charge on any atom is -0.403 e. The van der Waals surface area contributed by atoms with E-state index in [4.69, 9.17) is 4.42 Å². The van der Waals surface area contributed by atoms with Gasteiger partial charge in [-0.25, -0.2) is 0 Å². The second kappa shape index (κ2) is 8.48. The van der Waals surface area contributed by atoms with Crippen LogP contribution in [0.15, 0.2) is 63.9 Å². The molecule has 0 saturated carbocycles. The normalized spacial score (nSPS) is 10.6. The predicted octanol–water partition coefficient (Wildman–Crippen LogP) is 4.56. The summed E-state index contributed by atoms with van der Waals surface area (Å²) in [5, 5.41) is 10.5. The van der Waals surface area contributed by atoms with Crippen LogP contribution in [0.2, 0.25) is 0 Å². The number of rotatable bonds is 7. The Morgan fingerprint density at radius 3 is 2.76 bits per heavy atom. The largest absolute Gasteiger partial charge is 0.403 e. The maximum Gasteiger partial charge on any atom is 0.322 e. The molecule has 6 heteroatoms. The first kappa shape index (κ1) is 17.2. The molecule has 0 saturated heterocycles. The lowest BCUT2D eigenvalue weighted by Crippen LogP contribution is -2.11. The summed E-state index contributed by atoms with van der Waals surface area (Å²) in [6.07, 6.45) is 1.20. The van der Waals surface area contributed by atoms with Crippen LogP contribution in [0.4, 0.5) is 6.01 Å². The van der Waals surface area contributed by atoms with Gasteiger partial charge in [0.2, 0.25) is 11.8 Å². The van der Waals surface area contributed by atoms with E-state index < -0.39 is 0 Å². The highest BCUT2D eigenvalue weighted by Gasteiger charge is 2.11. The van der Waals surface area contributed by atoms with Gasteiger partial charge in [-0.15, -0.1) is 16.9 Å². The number of nitrogens with one attached hydrogen (secondary N) is 1. The maximum atomic E-state index is 12.0.